The summed E-state index contributed by atoms with van der Waals surface area (Å²) in [7, 11) is 1.64. The Morgan fingerprint density at radius 1 is 1.06 bits per heavy atom. The third-order valence-electron chi connectivity index (χ3n) is 6.08. The molecule has 3 N–H and O–H groups in total. The lowest BCUT2D eigenvalue weighted by Gasteiger charge is -2.17. The van der Waals surface area contributed by atoms with Gasteiger partial charge < -0.3 is 16.0 Å². The van der Waals surface area contributed by atoms with Crippen LogP contribution in [0.3, 0.4) is 0 Å². The summed E-state index contributed by atoms with van der Waals surface area (Å²) in [5, 5.41) is 10.4. The SMILES string of the molecule is CNC(=O)c1ccnc2c(CCNc3cc(-c4ccc5c(c4)CNCC5)ncn3)cccc12. The van der Waals surface area contributed by atoms with Crippen LogP contribution in [-0.4, -0.2) is 41.0 Å². The van der Waals surface area contributed by atoms with Crippen molar-refractivity contribution in [1.82, 2.24) is 25.6 Å². The molecule has 4 aromatic rings. The Morgan fingerprint density at radius 3 is 2.91 bits per heavy atom. The minimum atomic E-state index is -0.107. The van der Waals surface area contributed by atoms with Crippen LogP contribution < -0.4 is 16.0 Å². The maximum Gasteiger partial charge on any atom is 0.251 e. The normalized spacial score (nSPS) is 12.9. The lowest BCUT2D eigenvalue weighted by Crippen LogP contribution is -2.23. The predicted octanol–water partition coefficient (Wildman–Crippen LogP) is 3.35. The average Bonchev–Trinajstić information content (AvgIpc) is 2.88. The van der Waals surface area contributed by atoms with Gasteiger partial charge in [0.15, 0.2) is 0 Å². The first-order valence-corrected chi connectivity index (χ1v) is 11.2. The lowest BCUT2D eigenvalue weighted by molar-refractivity contribution is 0.0964. The zero-order valence-corrected chi connectivity index (χ0v) is 18.6. The molecule has 0 unspecified atom stereocenters. The number of nitrogens with one attached hydrogen (secondary N) is 3. The van der Waals surface area contributed by atoms with Crippen molar-refractivity contribution >= 4 is 22.6 Å². The first-order chi connectivity index (χ1) is 16.2. The Labute approximate surface area is 192 Å². The second-order valence-electron chi connectivity index (χ2n) is 8.13. The Bertz CT molecular complexity index is 1320. The highest BCUT2D eigenvalue weighted by molar-refractivity contribution is 6.06. The van der Waals surface area contributed by atoms with Gasteiger partial charge in [0.25, 0.3) is 5.91 Å². The van der Waals surface area contributed by atoms with Gasteiger partial charge in [-0.25, -0.2) is 9.97 Å². The summed E-state index contributed by atoms with van der Waals surface area (Å²) < 4.78 is 0. The van der Waals surface area contributed by atoms with Crippen molar-refractivity contribution in [3.63, 3.8) is 0 Å². The van der Waals surface area contributed by atoms with Crippen LogP contribution in [0.4, 0.5) is 5.82 Å². The van der Waals surface area contributed by atoms with Crippen LogP contribution in [0.15, 0.2) is 61.1 Å². The topological polar surface area (TPSA) is 91.8 Å². The Hall–Kier alpha value is -3.84. The standard InChI is InChI=1S/C26H26N6O/c1-27-26(33)22-9-12-30-25-18(3-2-4-21(22)25)8-11-29-24-14-23(31-16-32-24)19-6-5-17-7-10-28-15-20(17)13-19/h2-6,9,12-14,16,28H,7-8,10-11,15H2,1H3,(H,27,33)(H,29,31,32). The molecule has 0 saturated heterocycles. The van der Waals surface area contributed by atoms with E-state index in [0.29, 0.717) is 12.1 Å². The van der Waals surface area contributed by atoms with Gasteiger partial charge in [-0.2, -0.15) is 0 Å². The molecule has 33 heavy (non-hydrogen) atoms. The van der Waals surface area contributed by atoms with Gasteiger partial charge in [0, 0.05) is 43.4 Å². The van der Waals surface area contributed by atoms with E-state index in [9.17, 15) is 4.79 Å². The summed E-state index contributed by atoms with van der Waals surface area (Å²) in [6.07, 6.45) is 5.12. The molecule has 0 fully saturated rings. The highest BCUT2D eigenvalue weighted by Gasteiger charge is 2.12. The molecule has 0 saturated carbocycles. The molecule has 166 valence electrons. The number of nitrogens with zero attached hydrogens (tertiary/aromatic N) is 3. The Morgan fingerprint density at radius 2 is 2.00 bits per heavy atom. The van der Waals surface area contributed by atoms with E-state index in [1.54, 1.807) is 25.6 Å². The Balaban J connectivity index is 1.31. The van der Waals surface area contributed by atoms with Crippen LogP contribution >= 0.6 is 0 Å². The van der Waals surface area contributed by atoms with Gasteiger partial charge in [-0.05, 0) is 48.2 Å². The minimum absolute atomic E-state index is 0.107. The maximum atomic E-state index is 12.2. The summed E-state index contributed by atoms with van der Waals surface area (Å²) in [5.41, 5.74) is 7.33. The molecule has 0 atom stereocenters. The third kappa shape index (κ3) is 4.40. The number of pyridine rings is 1. The van der Waals surface area contributed by atoms with Crippen molar-refractivity contribution < 1.29 is 4.79 Å². The number of anilines is 1. The highest BCUT2D eigenvalue weighted by Crippen LogP contribution is 2.24. The molecule has 1 aliphatic heterocycles. The first-order valence-electron chi connectivity index (χ1n) is 11.2. The van der Waals surface area contributed by atoms with Gasteiger partial charge in [-0.3, -0.25) is 9.78 Å². The van der Waals surface area contributed by atoms with Gasteiger partial charge in [0.05, 0.1) is 16.8 Å². The quantitative estimate of drug-likeness (QED) is 0.428. The number of carbonyl (C=O) groups is 1. The van der Waals surface area contributed by atoms with E-state index in [4.69, 9.17) is 0 Å². The van der Waals surface area contributed by atoms with E-state index in [0.717, 1.165) is 59.5 Å². The van der Waals surface area contributed by atoms with E-state index in [-0.39, 0.29) is 5.91 Å². The third-order valence-corrected chi connectivity index (χ3v) is 6.08. The number of fused-ring (bicyclic) bond motifs is 2. The Kier molecular flexibility index (Phi) is 5.95. The van der Waals surface area contributed by atoms with E-state index < -0.39 is 0 Å². The van der Waals surface area contributed by atoms with Crippen molar-refractivity contribution in [1.29, 1.82) is 0 Å². The van der Waals surface area contributed by atoms with Gasteiger partial charge in [0.1, 0.15) is 12.1 Å². The molecule has 2 aromatic heterocycles. The molecule has 0 bridgehead atoms. The fourth-order valence-corrected chi connectivity index (χ4v) is 4.35. The summed E-state index contributed by atoms with van der Waals surface area (Å²) in [6.45, 7) is 2.63. The number of benzene rings is 2. The summed E-state index contributed by atoms with van der Waals surface area (Å²) >= 11 is 0. The summed E-state index contributed by atoms with van der Waals surface area (Å²) in [6, 6.07) is 16.3. The van der Waals surface area contributed by atoms with Crippen LogP contribution in [-0.2, 0) is 19.4 Å². The first kappa shape index (κ1) is 21.0. The zero-order chi connectivity index (χ0) is 22.6. The van der Waals surface area contributed by atoms with Gasteiger partial charge in [0.2, 0.25) is 0 Å². The number of para-hydroxylation sites is 1. The van der Waals surface area contributed by atoms with Gasteiger partial charge in [-0.1, -0.05) is 30.3 Å². The number of aromatic nitrogens is 3. The van der Waals surface area contributed by atoms with Crippen LogP contribution in [0.1, 0.15) is 27.0 Å². The number of carbonyl (C=O) groups excluding carboxylic acids is 1. The molecule has 0 radical (unpaired) electrons. The average molecular weight is 439 g/mol. The molecule has 7 heteroatoms. The van der Waals surface area contributed by atoms with Crippen molar-refractivity contribution in [2.45, 2.75) is 19.4 Å². The summed E-state index contributed by atoms with van der Waals surface area (Å²) in [4.78, 5) is 25.6. The van der Waals surface area contributed by atoms with E-state index in [1.807, 2.05) is 18.2 Å². The smallest absolute Gasteiger partial charge is 0.251 e. The van der Waals surface area contributed by atoms with Crippen molar-refractivity contribution in [2.75, 3.05) is 25.5 Å². The second-order valence-corrected chi connectivity index (χ2v) is 8.13. The highest BCUT2D eigenvalue weighted by atomic mass is 16.1. The monoisotopic (exact) mass is 438 g/mol. The van der Waals surface area contributed by atoms with Crippen LogP contribution in [0.5, 0.6) is 0 Å². The minimum Gasteiger partial charge on any atom is -0.370 e. The fourth-order valence-electron chi connectivity index (χ4n) is 4.35. The zero-order valence-electron chi connectivity index (χ0n) is 18.6. The van der Waals surface area contributed by atoms with Crippen molar-refractivity contribution in [2.24, 2.45) is 0 Å². The number of hydrogen-bond donors (Lipinski definition) is 3. The molecule has 1 aliphatic rings. The molecule has 0 spiro atoms. The van der Waals surface area contributed by atoms with Crippen LogP contribution in [0, 0.1) is 0 Å². The summed E-state index contributed by atoms with van der Waals surface area (Å²) in [5.74, 6) is 0.680. The molecule has 2 aromatic carbocycles. The van der Waals surface area contributed by atoms with Gasteiger partial charge >= 0.3 is 0 Å². The largest absolute Gasteiger partial charge is 0.370 e. The predicted molar refractivity (Wildman–Crippen MR) is 130 cm³/mol. The molecule has 1 amide bonds. The molecule has 3 heterocycles. The van der Waals surface area contributed by atoms with Crippen molar-refractivity contribution in [3.8, 4) is 11.3 Å². The maximum absolute atomic E-state index is 12.2. The fraction of sp³-hybridized carbons (Fsp3) is 0.231. The van der Waals surface area contributed by atoms with E-state index in [2.05, 4.69) is 55.2 Å². The van der Waals surface area contributed by atoms with Crippen LogP contribution in [0.25, 0.3) is 22.2 Å². The van der Waals surface area contributed by atoms with E-state index in [1.165, 1.54) is 11.1 Å². The number of hydrogen-bond acceptors (Lipinski definition) is 6. The molecule has 0 aliphatic carbocycles. The molecule has 7 nitrogen and oxygen atoms in total. The molecular weight excluding hydrogens is 412 g/mol. The van der Waals surface area contributed by atoms with Crippen LogP contribution in [0.2, 0.25) is 0 Å². The van der Waals surface area contributed by atoms with E-state index >= 15 is 0 Å². The lowest BCUT2D eigenvalue weighted by atomic mass is 9.97. The number of amides is 1. The molecular formula is C26H26N6O. The van der Waals surface area contributed by atoms with Gasteiger partial charge in [-0.15, -0.1) is 0 Å². The molecule has 5 rings (SSSR count). The number of rotatable bonds is 6. The van der Waals surface area contributed by atoms with Crippen molar-refractivity contribution in [3.05, 3.63) is 83.3 Å². The second kappa shape index (κ2) is 9.34.